The van der Waals surface area contributed by atoms with Gasteiger partial charge < -0.3 is 15.4 Å². The Bertz CT molecular complexity index is 1400. The van der Waals surface area contributed by atoms with Crippen molar-refractivity contribution in [3.8, 4) is 11.6 Å². The van der Waals surface area contributed by atoms with E-state index in [-0.39, 0.29) is 12.5 Å². The van der Waals surface area contributed by atoms with Gasteiger partial charge >= 0.3 is 11.4 Å². The summed E-state index contributed by atoms with van der Waals surface area (Å²) in [4.78, 5) is 41.6. The summed E-state index contributed by atoms with van der Waals surface area (Å²) in [6, 6.07) is 13.7. The molecular weight excluding hydrogens is 482 g/mol. The molecule has 2 N–H and O–H groups in total. The van der Waals surface area contributed by atoms with Crippen LogP contribution in [0.25, 0.3) is 0 Å². The molecule has 11 nitrogen and oxygen atoms in total. The Morgan fingerprint density at radius 2 is 1.82 bits per heavy atom. The van der Waals surface area contributed by atoms with Gasteiger partial charge in [0.2, 0.25) is 11.9 Å². The van der Waals surface area contributed by atoms with Gasteiger partial charge in [0, 0.05) is 17.8 Å². The van der Waals surface area contributed by atoms with Crippen molar-refractivity contribution < 1.29 is 9.53 Å². The van der Waals surface area contributed by atoms with Gasteiger partial charge in [-0.3, -0.25) is 9.36 Å². The fourth-order valence-electron chi connectivity index (χ4n) is 2.95. The van der Waals surface area contributed by atoms with Gasteiger partial charge in [-0.25, -0.2) is 14.2 Å². The third-order valence-electron chi connectivity index (χ3n) is 4.66. The molecule has 174 valence electrons. The summed E-state index contributed by atoms with van der Waals surface area (Å²) in [6.07, 6.45) is 1.50. The quantitative estimate of drug-likeness (QED) is 0.377. The maximum absolute atomic E-state index is 13.2. The highest BCUT2D eigenvalue weighted by Crippen LogP contribution is 2.23. The maximum atomic E-state index is 13.2. The van der Waals surface area contributed by atoms with E-state index in [4.69, 9.17) is 16.3 Å². The van der Waals surface area contributed by atoms with Crippen molar-refractivity contribution in [3.63, 3.8) is 0 Å². The number of halogens is 1. The number of carbonyl (C=O) groups is 1. The van der Waals surface area contributed by atoms with Crippen LogP contribution in [-0.4, -0.2) is 35.8 Å². The highest BCUT2D eigenvalue weighted by atomic mass is 35.5. The molecule has 2 aromatic heterocycles. The van der Waals surface area contributed by atoms with E-state index < -0.39 is 23.8 Å². The number of likely N-dealkylation sites (N-methyl/N-ethyl adjacent to an activating group) is 1. The van der Waals surface area contributed by atoms with Crippen LogP contribution in [0.15, 0.2) is 64.3 Å². The molecule has 0 aliphatic heterocycles. The van der Waals surface area contributed by atoms with E-state index in [9.17, 15) is 14.4 Å². The van der Waals surface area contributed by atoms with Gasteiger partial charge in [-0.05, 0) is 42.0 Å². The number of hydrogen-bond donors (Lipinski definition) is 2. The smallest absolute Gasteiger partial charge is 0.355 e. The third-order valence-corrected chi connectivity index (χ3v) is 5.37. The molecule has 0 saturated carbocycles. The second-order valence-corrected chi connectivity index (χ2v) is 7.96. The van der Waals surface area contributed by atoms with Crippen LogP contribution in [0.2, 0.25) is 5.02 Å². The number of aromatic nitrogens is 5. The summed E-state index contributed by atoms with van der Waals surface area (Å²) in [6.45, 7) is -0.350. The van der Waals surface area contributed by atoms with E-state index in [0.29, 0.717) is 22.3 Å². The first-order valence-corrected chi connectivity index (χ1v) is 11.0. The molecule has 2 heterocycles. The van der Waals surface area contributed by atoms with Crippen LogP contribution in [0, 0.1) is 0 Å². The minimum Gasteiger partial charge on any atom is -0.437 e. The molecule has 2 aromatic carbocycles. The van der Waals surface area contributed by atoms with Crippen molar-refractivity contribution in [2.24, 2.45) is 0 Å². The summed E-state index contributed by atoms with van der Waals surface area (Å²) in [5.41, 5.74) is -0.220. The molecule has 0 radical (unpaired) electrons. The van der Waals surface area contributed by atoms with Gasteiger partial charge in [0.15, 0.2) is 0 Å². The standard InChI is InChI=1S/C21H18ClN7O4S/c1-23-17(30)12-29-20(31)26-19(28(21(29)32)11-13-2-4-14(22)5-3-13)25-15-6-8-16(9-7-15)33-18-10-24-34-27-18/h2-10H,11-12H2,1H3,(H,23,30)(H,25,26,31). The number of carbonyl (C=O) groups excluding carboxylic acids is 1. The maximum Gasteiger partial charge on any atom is 0.355 e. The van der Waals surface area contributed by atoms with Crippen molar-refractivity contribution >= 4 is 40.9 Å². The number of ether oxygens (including phenoxy) is 1. The van der Waals surface area contributed by atoms with Crippen molar-refractivity contribution in [2.45, 2.75) is 13.1 Å². The van der Waals surface area contributed by atoms with Crippen LogP contribution in [0.4, 0.5) is 11.6 Å². The number of amides is 1. The van der Waals surface area contributed by atoms with Crippen LogP contribution < -0.4 is 26.7 Å². The lowest BCUT2D eigenvalue weighted by Crippen LogP contribution is -2.45. The molecule has 0 bridgehead atoms. The third kappa shape index (κ3) is 5.47. The molecule has 0 atom stereocenters. The molecule has 0 fully saturated rings. The molecule has 4 rings (SSSR count). The Morgan fingerprint density at radius 3 is 2.47 bits per heavy atom. The molecular formula is C21H18ClN7O4S. The fourth-order valence-corrected chi connectivity index (χ4v) is 3.43. The summed E-state index contributed by atoms with van der Waals surface area (Å²) in [7, 11) is 1.42. The molecule has 1 amide bonds. The average Bonchev–Trinajstić information content (AvgIpc) is 3.34. The zero-order valence-corrected chi connectivity index (χ0v) is 19.3. The van der Waals surface area contributed by atoms with Gasteiger partial charge in [0.1, 0.15) is 18.5 Å². The van der Waals surface area contributed by atoms with Gasteiger partial charge in [-0.2, -0.15) is 9.36 Å². The molecule has 0 aliphatic carbocycles. The zero-order chi connectivity index (χ0) is 24.1. The van der Waals surface area contributed by atoms with E-state index in [0.717, 1.165) is 21.9 Å². The predicted octanol–water partition coefficient (Wildman–Crippen LogP) is 2.24. The second kappa shape index (κ2) is 10.3. The molecule has 34 heavy (non-hydrogen) atoms. The Morgan fingerprint density at radius 1 is 1.09 bits per heavy atom. The number of nitrogens with one attached hydrogen (secondary N) is 2. The van der Waals surface area contributed by atoms with Gasteiger partial charge in [0.05, 0.1) is 18.3 Å². The minimum absolute atomic E-state index is 0.0236. The molecule has 13 heteroatoms. The molecule has 0 aliphatic rings. The lowest BCUT2D eigenvalue weighted by atomic mass is 10.2. The first kappa shape index (κ1) is 23.1. The van der Waals surface area contributed by atoms with E-state index in [2.05, 4.69) is 24.4 Å². The fraction of sp³-hybridized carbons (Fsp3) is 0.143. The predicted molar refractivity (Wildman–Crippen MR) is 127 cm³/mol. The van der Waals surface area contributed by atoms with E-state index in [1.165, 1.54) is 17.8 Å². The zero-order valence-electron chi connectivity index (χ0n) is 17.8. The van der Waals surface area contributed by atoms with Crippen molar-refractivity contribution in [1.82, 2.24) is 28.2 Å². The van der Waals surface area contributed by atoms with Crippen LogP contribution in [0.5, 0.6) is 11.6 Å². The number of nitrogens with zero attached hydrogens (tertiary/aromatic N) is 5. The summed E-state index contributed by atoms with van der Waals surface area (Å²) in [5.74, 6) is 0.441. The van der Waals surface area contributed by atoms with Gasteiger partial charge in [-0.15, -0.1) is 4.37 Å². The van der Waals surface area contributed by atoms with Gasteiger partial charge in [0.25, 0.3) is 5.88 Å². The van der Waals surface area contributed by atoms with Crippen molar-refractivity contribution in [1.29, 1.82) is 0 Å². The first-order valence-electron chi connectivity index (χ1n) is 9.92. The highest BCUT2D eigenvalue weighted by molar-refractivity contribution is 6.99. The molecule has 0 spiro atoms. The van der Waals surface area contributed by atoms with Crippen LogP contribution in [0.1, 0.15) is 5.56 Å². The van der Waals surface area contributed by atoms with Crippen LogP contribution >= 0.6 is 23.3 Å². The lowest BCUT2D eigenvalue weighted by Gasteiger charge is -2.15. The largest absolute Gasteiger partial charge is 0.437 e. The Hall–Kier alpha value is -4.03. The number of rotatable bonds is 8. The second-order valence-electron chi connectivity index (χ2n) is 6.97. The number of anilines is 2. The number of hydrogen-bond acceptors (Lipinski definition) is 9. The Balaban J connectivity index is 1.67. The summed E-state index contributed by atoms with van der Waals surface area (Å²) < 4.78 is 15.5. The van der Waals surface area contributed by atoms with Crippen LogP contribution in [0.3, 0.4) is 0 Å². The molecule has 4 aromatic rings. The summed E-state index contributed by atoms with van der Waals surface area (Å²) >= 11 is 6.99. The molecule has 0 saturated heterocycles. The average molecular weight is 500 g/mol. The highest BCUT2D eigenvalue weighted by Gasteiger charge is 2.16. The van der Waals surface area contributed by atoms with E-state index in [1.54, 1.807) is 48.5 Å². The van der Waals surface area contributed by atoms with Crippen LogP contribution in [-0.2, 0) is 17.9 Å². The van der Waals surface area contributed by atoms with Gasteiger partial charge in [-0.1, -0.05) is 23.7 Å². The normalized spacial score (nSPS) is 10.6. The Labute approximate surface area is 202 Å². The van der Waals surface area contributed by atoms with Crippen molar-refractivity contribution in [3.05, 3.63) is 86.3 Å². The summed E-state index contributed by atoms with van der Waals surface area (Å²) in [5, 5.41) is 5.94. The molecule has 0 unspecified atom stereocenters. The van der Waals surface area contributed by atoms with E-state index in [1.807, 2.05) is 0 Å². The first-order chi connectivity index (χ1) is 16.4. The minimum atomic E-state index is -0.848. The van der Waals surface area contributed by atoms with E-state index >= 15 is 0 Å². The Kier molecular flexibility index (Phi) is 6.99. The topological polar surface area (TPSA) is 133 Å². The lowest BCUT2D eigenvalue weighted by molar-refractivity contribution is -0.121. The SMILES string of the molecule is CNC(=O)Cn1c(=O)nc(Nc2ccc(Oc3cnsn3)cc2)n(Cc2ccc(Cl)cc2)c1=O. The van der Waals surface area contributed by atoms with Crippen molar-refractivity contribution in [2.75, 3.05) is 12.4 Å². The number of benzene rings is 2. The monoisotopic (exact) mass is 499 g/mol.